The minimum Gasteiger partial charge on any atom is -0.353 e. The number of halogens is 3. The van der Waals surface area contributed by atoms with E-state index in [0.717, 1.165) is 37.8 Å². The molecule has 1 aromatic rings. The van der Waals surface area contributed by atoms with Crippen LogP contribution in [-0.4, -0.2) is 31.2 Å². The third-order valence-electron chi connectivity index (χ3n) is 6.72. The summed E-state index contributed by atoms with van der Waals surface area (Å²) in [4.78, 5) is 12.2. The number of carbonyl (C=O) groups is 1. The third-order valence-corrected chi connectivity index (χ3v) is 9.21. The Morgan fingerprint density at radius 3 is 2.42 bits per heavy atom. The highest BCUT2D eigenvalue weighted by Gasteiger charge is 2.43. The Hall–Kier alpha value is -1.61. The zero-order chi connectivity index (χ0) is 23.0. The van der Waals surface area contributed by atoms with Crippen molar-refractivity contribution in [2.75, 3.05) is 0 Å². The highest BCUT2D eigenvalue weighted by Crippen LogP contribution is 2.40. The largest absolute Gasteiger partial charge is 0.416 e. The normalized spacial score (nSPS) is 27.4. The van der Waals surface area contributed by atoms with Crippen molar-refractivity contribution in [1.82, 2.24) is 5.32 Å². The highest BCUT2D eigenvalue weighted by atomic mass is 32.2. The Morgan fingerprint density at radius 2 is 1.81 bits per heavy atom. The number of sulfone groups is 1. The van der Waals surface area contributed by atoms with Crippen LogP contribution >= 0.6 is 0 Å². The molecule has 0 bridgehead atoms. The summed E-state index contributed by atoms with van der Waals surface area (Å²) in [5.41, 5.74) is 5.09. The van der Waals surface area contributed by atoms with Gasteiger partial charge >= 0.3 is 6.18 Å². The number of nitrogens with one attached hydrogen (secondary N) is 1. The van der Waals surface area contributed by atoms with Crippen LogP contribution in [0.4, 0.5) is 13.2 Å². The molecule has 2 aliphatic rings. The molecular formula is C22H31F3N2O3S. The predicted octanol–water partition coefficient (Wildman–Crippen LogP) is 4.06. The second kappa shape index (κ2) is 8.73. The molecule has 3 rings (SSSR count). The molecular weight excluding hydrogens is 429 g/mol. The number of alkyl halides is 3. The molecule has 3 N–H and O–H groups in total. The fraction of sp³-hybridized carbons (Fsp3) is 0.682. The Labute approximate surface area is 181 Å². The quantitative estimate of drug-likeness (QED) is 0.670. The minimum absolute atomic E-state index is 0.00121. The maximum Gasteiger partial charge on any atom is 0.416 e. The minimum atomic E-state index is -4.60. The van der Waals surface area contributed by atoms with E-state index in [1.165, 1.54) is 6.07 Å². The molecule has 174 valence electrons. The summed E-state index contributed by atoms with van der Waals surface area (Å²) in [7, 11) is -3.96. The van der Waals surface area contributed by atoms with Gasteiger partial charge in [0.1, 0.15) is 0 Å². The van der Waals surface area contributed by atoms with Gasteiger partial charge in [0.2, 0.25) is 5.91 Å². The SMILES string of the molecule is CC(C)(CC1CC(NC(=O)[C@@H]2CCCC[C@H]2N)C1)S(=O)(=O)c1cccc(C(F)(F)F)c1. The van der Waals surface area contributed by atoms with Gasteiger partial charge < -0.3 is 11.1 Å². The zero-order valence-corrected chi connectivity index (χ0v) is 18.7. The molecule has 0 heterocycles. The Kier molecular flexibility index (Phi) is 6.77. The van der Waals surface area contributed by atoms with E-state index in [1.807, 2.05) is 0 Å². The maximum absolute atomic E-state index is 13.1. The lowest BCUT2D eigenvalue weighted by atomic mass is 9.75. The average Bonchev–Trinajstić information content (AvgIpc) is 2.65. The van der Waals surface area contributed by atoms with Gasteiger partial charge in [0.05, 0.1) is 21.1 Å². The summed E-state index contributed by atoms with van der Waals surface area (Å²) >= 11 is 0. The first kappa shape index (κ1) is 24.0. The number of hydrogen-bond acceptors (Lipinski definition) is 4. The van der Waals surface area contributed by atoms with E-state index in [4.69, 9.17) is 5.73 Å². The van der Waals surface area contributed by atoms with Crippen LogP contribution in [0.25, 0.3) is 0 Å². The molecule has 1 aromatic carbocycles. The molecule has 2 aliphatic carbocycles. The number of benzene rings is 1. The molecule has 5 nitrogen and oxygen atoms in total. The molecule has 2 saturated carbocycles. The lowest BCUT2D eigenvalue weighted by molar-refractivity contribution is -0.137. The fourth-order valence-corrected chi connectivity index (χ4v) is 6.41. The lowest BCUT2D eigenvalue weighted by Crippen LogP contribution is -2.51. The molecule has 9 heteroatoms. The molecule has 0 radical (unpaired) electrons. The molecule has 31 heavy (non-hydrogen) atoms. The summed E-state index contributed by atoms with van der Waals surface area (Å²) in [6.45, 7) is 3.10. The Morgan fingerprint density at radius 1 is 1.16 bits per heavy atom. The van der Waals surface area contributed by atoms with Crippen molar-refractivity contribution in [3.05, 3.63) is 29.8 Å². The molecule has 0 aromatic heterocycles. The topological polar surface area (TPSA) is 89.3 Å². The second-order valence-corrected chi connectivity index (χ2v) is 12.2. The smallest absolute Gasteiger partial charge is 0.353 e. The van der Waals surface area contributed by atoms with E-state index < -0.39 is 26.3 Å². The number of rotatable bonds is 6. The van der Waals surface area contributed by atoms with Crippen molar-refractivity contribution < 1.29 is 26.4 Å². The van der Waals surface area contributed by atoms with Crippen molar-refractivity contribution >= 4 is 15.7 Å². The Balaban J connectivity index is 1.58. The number of carbonyl (C=O) groups excluding carboxylic acids is 1. The van der Waals surface area contributed by atoms with Gasteiger partial charge in [0.25, 0.3) is 0 Å². The summed E-state index contributed by atoms with van der Waals surface area (Å²) in [5.74, 6) is -0.0991. The van der Waals surface area contributed by atoms with E-state index >= 15 is 0 Å². The maximum atomic E-state index is 13.1. The number of nitrogens with two attached hydrogens (primary N) is 1. The van der Waals surface area contributed by atoms with E-state index in [1.54, 1.807) is 13.8 Å². The van der Waals surface area contributed by atoms with Gasteiger partial charge in [-0.05, 0) is 70.1 Å². The van der Waals surface area contributed by atoms with Crippen LogP contribution in [0.2, 0.25) is 0 Å². The van der Waals surface area contributed by atoms with E-state index in [-0.39, 0.29) is 34.7 Å². The van der Waals surface area contributed by atoms with E-state index in [9.17, 15) is 26.4 Å². The third kappa shape index (κ3) is 5.25. The summed E-state index contributed by atoms with van der Waals surface area (Å²) in [6.07, 6.45) is 0.742. The average molecular weight is 461 g/mol. The van der Waals surface area contributed by atoms with Crippen LogP contribution in [0.5, 0.6) is 0 Å². The summed E-state index contributed by atoms with van der Waals surface area (Å²) in [5, 5.41) is 3.03. The first-order valence-electron chi connectivity index (χ1n) is 10.8. The molecule has 0 saturated heterocycles. The number of amides is 1. The van der Waals surface area contributed by atoms with Crippen molar-refractivity contribution in [2.45, 2.75) is 86.7 Å². The summed E-state index contributed by atoms with van der Waals surface area (Å²) in [6, 6.07) is 3.79. The Bertz CT molecular complexity index is 909. The molecule has 0 unspecified atom stereocenters. The molecule has 2 fully saturated rings. The first-order valence-corrected chi connectivity index (χ1v) is 12.3. The molecule has 1 amide bonds. The van der Waals surface area contributed by atoms with Crippen LogP contribution in [-0.2, 0) is 20.8 Å². The van der Waals surface area contributed by atoms with Gasteiger partial charge in [-0.1, -0.05) is 18.9 Å². The predicted molar refractivity (Wildman–Crippen MR) is 112 cm³/mol. The molecule has 2 atom stereocenters. The van der Waals surface area contributed by atoms with Crippen LogP contribution in [0.1, 0.15) is 64.4 Å². The summed E-state index contributed by atoms with van der Waals surface area (Å²) < 4.78 is 63.9. The monoisotopic (exact) mass is 460 g/mol. The highest BCUT2D eigenvalue weighted by molar-refractivity contribution is 7.92. The first-order chi connectivity index (χ1) is 14.3. The van der Waals surface area contributed by atoms with Gasteiger partial charge in [-0.25, -0.2) is 8.42 Å². The van der Waals surface area contributed by atoms with E-state index in [0.29, 0.717) is 25.3 Å². The van der Waals surface area contributed by atoms with Crippen LogP contribution in [0.3, 0.4) is 0 Å². The zero-order valence-electron chi connectivity index (χ0n) is 17.9. The van der Waals surface area contributed by atoms with Crippen LogP contribution < -0.4 is 11.1 Å². The van der Waals surface area contributed by atoms with Crippen LogP contribution in [0, 0.1) is 11.8 Å². The molecule has 0 spiro atoms. The van der Waals surface area contributed by atoms with Crippen molar-refractivity contribution in [3.63, 3.8) is 0 Å². The van der Waals surface area contributed by atoms with Gasteiger partial charge in [-0.3, -0.25) is 4.79 Å². The second-order valence-electron chi connectivity index (χ2n) is 9.59. The van der Waals surface area contributed by atoms with Gasteiger partial charge in [0.15, 0.2) is 9.84 Å². The number of hydrogen-bond donors (Lipinski definition) is 2. The lowest BCUT2D eigenvalue weighted by Gasteiger charge is -2.41. The van der Waals surface area contributed by atoms with Gasteiger partial charge in [0, 0.05) is 12.1 Å². The fourth-order valence-electron chi connectivity index (χ4n) is 4.78. The van der Waals surface area contributed by atoms with Crippen molar-refractivity contribution in [3.8, 4) is 0 Å². The van der Waals surface area contributed by atoms with Gasteiger partial charge in [-0.15, -0.1) is 0 Å². The van der Waals surface area contributed by atoms with Crippen LogP contribution in [0.15, 0.2) is 29.2 Å². The van der Waals surface area contributed by atoms with Crippen molar-refractivity contribution in [1.29, 1.82) is 0 Å². The standard InChI is InChI=1S/C22H31F3N2O3S/c1-21(2,31(29,30)17-7-5-6-15(12-17)22(23,24)25)13-14-10-16(11-14)27-20(28)18-8-3-4-9-19(18)26/h5-7,12,14,16,18-19H,3-4,8-11,13,26H2,1-2H3,(H,27,28)/t14?,16?,18-,19-/m1/s1. The molecule has 0 aliphatic heterocycles. The van der Waals surface area contributed by atoms with Crippen molar-refractivity contribution in [2.24, 2.45) is 17.6 Å². The van der Waals surface area contributed by atoms with E-state index in [2.05, 4.69) is 5.32 Å². The van der Waals surface area contributed by atoms with Gasteiger partial charge in [-0.2, -0.15) is 13.2 Å².